The molecular weight excluding hydrogens is 485 g/mol. The Balaban J connectivity index is 0.00000784. The normalized spacial score (nSPS) is 11.1. The number of hydrogen-bond donors (Lipinski definition) is 2. The zero-order valence-corrected chi connectivity index (χ0v) is 20.6. The van der Waals surface area contributed by atoms with E-state index in [-0.39, 0.29) is 24.0 Å². The number of benzene rings is 1. The first-order valence-electron chi connectivity index (χ1n) is 9.93. The molecule has 0 aliphatic heterocycles. The molecule has 7 nitrogen and oxygen atoms in total. The SMILES string of the molecule is CN=C(NCCCCOCCOC)NCc1ccc(C)cc1OCCCOC.I. The van der Waals surface area contributed by atoms with E-state index in [2.05, 4.69) is 40.7 Å². The summed E-state index contributed by atoms with van der Waals surface area (Å²) >= 11 is 0. The van der Waals surface area contributed by atoms with Gasteiger partial charge in [-0.3, -0.25) is 4.99 Å². The number of aryl methyl sites for hydroxylation is 1. The van der Waals surface area contributed by atoms with Gasteiger partial charge in [0.15, 0.2) is 5.96 Å². The van der Waals surface area contributed by atoms with Crippen molar-refractivity contribution in [3.8, 4) is 5.75 Å². The highest BCUT2D eigenvalue weighted by molar-refractivity contribution is 14.0. The number of aliphatic imine (C=N–C) groups is 1. The largest absolute Gasteiger partial charge is 0.493 e. The number of nitrogens with zero attached hydrogens (tertiary/aromatic N) is 1. The van der Waals surface area contributed by atoms with E-state index in [1.807, 2.05) is 0 Å². The van der Waals surface area contributed by atoms with Crippen molar-refractivity contribution in [2.75, 3.05) is 60.8 Å². The molecule has 0 aromatic heterocycles. The average Bonchev–Trinajstić information content (AvgIpc) is 2.70. The van der Waals surface area contributed by atoms with Crippen LogP contribution in [0.15, 0.2) is 23.2 Å². The van der Waals surface area contributed by atoms with Crippen LogP contribution in [-0.2, 0) is 20.8 Å². The molecular formula is C21H38IN3O4. The third kappa shape index (κ3) is 13.7. The van der Waals surface area contributed by atoms with Gasteiger partial charge in [-0.15, -0.1) is 24.0 Å². The number of halogens is 1. The van der Waals surface area contributed by atoms with E-state index in [1.165, 1.54) is 5.56 Å². The summed E-state index contributed by atoms with van der Waals surface area (Å²) in [5.41, 5.74) is 2.29. The van der Waals surface area contributed by atoms with E-state index in [1.54, 1.807) is 21.3 Å². The highest BCUT2D eigenvalue weighted by Gasteiger charge is 2.06. The molecule has 0 aliphatic carbocycles. The van der Waals surface area contributed by atoms with Gasteiger partial charge in [0, 0.05) is 59.6 Å². The number of guanidine groups is 1. The second kappa shape index (κ2) is 18.9. The molecule has 1 aromatic carbocycles. The van der Waals surface area contributed by atoms with Gasteiger partial charge in [-0.1, -0.05) is 12.1 Å². The van der Waals surface area contributed by atoms with Gasteiger partial charge in [0.25, 0.3) is 0 Å². The first-order valence-corrected chi connectivity index (χ1v) is 9.93. The summed E-state index contributed by atoms with van der Waals surface area (Å²) in [5.74, 6) is 1.69. The van der Waals surface area contributed by atoms with E-state index >= 15 is 0 Å². The summed E-state index contributed by atoms with van der Waals surface area (Å²) in [6.45, 7) is 6.97. The van der Waals surface area contributed by atoms with Crippen LogP contribution in [0, 0.1) is 6.92 Å². The van der Waals surface area contributed by atoms with Gasteiger partial charge in [0.2, 0.25) is 0 Å². The van der Waals surface area contributed by atoms with Crippen molar-refractivity contribution in [1.82, 2.24) is 10.6 Å². The molecule has 1 aromatic rings. The Labute approximate surface area is 192 Å². The fourth-order valence-corrected chi connectivity index (χ4v) is 2.51. The first-order chi connectivity index (χ1) is 13.7. The Bertz CT molecular complexity index is 559. The van der Waals surface area contributed by atoms with Crippen molar-refractivity contribution < 1.29 is 18.9 Å². The van der Waals surface area contributed by atoms with Crippen LogP contribution in [0.3, 0.4) is 0 Å². The highest BCUT2D eigenvalue weighted by Crippen LogP contribution is 2.20. The maximum absolute atomic E-state index is 5.94. The lowest BCUT2D eigenvalue weighted by Gasteiger charge is -2.15. The summed E-state index contributed by atoms with van der Waals surface area (Å²) in [4.78, 5) is 4.28. The summed E-state index contributed by atoms with van der Waals surface area (Å²) < 4.78 is 21.4. The third-order valence-electron chi connectivity index (χ3n) is 4.08. The fraction of sp³-hybridized carbons (Fsp3) is 0.667. The number of methoxy groups -OCH3 is 2. The number of ether oxygens (including phenoxy) is 4. The van der Waals surface area contributed by atoms with Crippen LogP contribution in [0.4, 0.5) is 0 Å². The van der Waals surface area contributed by atoms with E-state index in [0.717, 1.165) is 49.7 Å². The number of hydrogen-bond acceptors (Lipinski definition) is 5. The van der Waals surface area contributed by atoms with Crippen molar-refractivity contribution in [3.63, 3.8) is 0 Å². The van der Waals surface area contributed by atoms with Crippen LogP contribution in [0.1, 0.15) is 30.4 Å². The van der Waals surface area contributed by atoms with Crippen molar-refractivity contribution in [1.29, 1.82) is 0 Å². The Morgan fingerprint density at radius 2 is 1.72 bits per heavy atom. The molecule has 29 heavy (non-hydrogen) atoms. The van der Waals surface area contributed by atoms with Gasteiger partial charge in [0.1, 0.15) is 5.75 Å². The summed E-state index contributed by atoms with van der Waals surface area (Å²) in [6, 6.07) is 6.26. The van der Waals surface area contributed by atoms with Gasteiger partial charge in [-0.2, -0.15) is 0 Å². The molecule has 1 rings (SSSR count). The minimum atomic E-state index is 0. The summed E-state index contributed by atoms with van der Waals surface area (Å²) in [5, 5.41) is 6.69. The lowest BCUT2D eigenvalue weighted by atomic mass is 10.1. The van der Waals surface area contributed by atoms with Crippen LogP contribution >= 0.6 is 24.0 Å². The quantitative estimate of drug-likeness (QED) is 0.159. The average molecular weight is 523 g/mol. The molecule has 0 heterocycles. The molecule has 0 unspecified atom stereocenters. The predicted octanol–water partition coefficient (Wildman–Crippen LogP) is 3.14. The highest BCUT2D eigenvalue weighted by atomic mass is 127. The molecule has 8 heteroatoms. The predicted molar refractivity (Wildman–Crippen MR) is 129 cm³/mol. The third-order valence-corrected chi connectivity index (χ3v) is 4.08. The Hall–Kier alpha value is -1.10. The topological polar surface area (TPSA) is 73.3 Å². The zero-order valence-electron chi connectivity index (χ0n) is 18.3. The first kappa shape index (κ1) is 27.9. The van der Waals surface area contributed by atoms with E-state index < -0.39 is 0 Å². The lowest BCUT2D eigenvalue weighted by Crippen LogP contribution is -2.37. The van der Waals surface area contributed by atoms with Crippen LogP contribution in [0.25, 0.3) is 0 Å². The molecule has 0 atom stereocenters. The van der Waals surface area contributed by atoms with Crippen LogP contribution in [-0.4, -0.2) is 66.8 Å². The summed E-state index contributed by atoms with van der Waals surface area (Å²) in [7, 11) is 5.16. The van der Waals surface area contributed by atoms with Gasteiger partial charge < -0.3 is 29.6 Å². The van der Waals surface area contributed by atoms with E-state index in [4.69, 9.17) is 18.9 Å². The maximum atomic E-state index is 5.94. The van der Waals surface area contributed by atoms with E-state index in [9.17, 15) is 0 Å². The molecule has 0 radical (unpaired) electrons. The monoisotopic (exact) mass is 523 g/mol. The number of unbranched alkanes of at least 4 members (excludes halogenated alkanes) is 1. The minimum absolute atomic E-state index is 0. The molecule has 0 saturated carbocycles. The maximum Gasteiger partial charge on any atom is 0.191 e. The Kier molecular flexibility index (Phi) is 18.2. The smallest absolute Gasteiger partial charge is 0.191 e. The standard InChI is InChI=1S/C21H37N3O4.HI/c1-18-8-9-19(20(16-18)28-13-7-11-25-3)17-24-21(22-2)23-10-5-6-12-27-15-14-26-4;/h8-9,16H,5-7,10-15,17H2,1-4H3,(H2,22,23,24);1H. The molecule has 0 saturated heterocycles. The zero-order chi connectivity index (χ0) is 20.5. The van der Waals surface area contributed by atoms with Gasteiger partial charge in [0.05, 0.1) is 19.8 Å². The minimum Gasteiger partial charge on any atom is -0.493 e. The fourth-order valence-electron chi connectivity index (χ4n) is 2.51. The molecule has 0 bridgehead atoms. The molecule has 0 spiro atoms. The molecule has 0 aliphatic rings. The van der Waals surface area contributed by atoms with Crippen LogP contribution < -0.4 is 15.4 Å². The lowest BCUT2D eigenvalue weighted by molar-refractivity contribution is 0.0689. The second-order valence-electron chi connectivity index (χ2n) is 6.47. The molecule has 0 fully saturated rings. The van der Waals surface area contributed by atoms with Crippen molar-refractivity contribution in [2.45, 2.75) is 32.7 Å². The van der Waals surface area contributed by atoms with E-state index in [0.29, 0.717) is 33.0 Å². The van der Waals surface area contributed by atoms with Gasteiger partial charge in [-0.25, -0.2) is 0 Å². The van der Waals surface area contributed by atoms with Crippen LogP contribution in [0.2, 0.25) is 0 Å². The second-order valence-corrected chi connectivity index (χ2v) is 6.47. The van der Waals surface area contributed by atoms with Gasteiger partial charge in [-0.05, 0) is 31.4 Å². The molecule has 168 valence electrons. The molecule has 0 amide bonds. The van der Waals surface area contributed by atoms with Crippen molar-refractivity contribution >= 4 is 29.9 Å². The Morgan fingerprint density at radius 3 is 2.45 bits per heavy atom. The van der Waals surface area contributed by atoms with Crippen molar-refractivity contribution in [3.05, 3.63) is 29.3 Å². The summed E-state index contributed by atoms with van der Waals surface area (Å²) in [6.07, 6.45) is 2.90. The number of nitrogens with one attached hydrogen (secondary N) is 2. The van der Waals surface area contributed by atoms with Gasteiger partial charge >= 0.3 is 0 Å². The van der Waals surface area contributed by atoms with Crippen molar-refractivity contribution in [2.24, 2.45) is 4.99 Å². The number of rotatable bonds is 15. The molecule has 2 N–H and O–H groups in total. The van der Waals surface area contributed by atoms with Crippen LogP contribution in [0.5, 0.6) is 5.75 Å². The Morgan fingerprint density at radius 1 is 0.931 bits per heavy atom.